The summed E-state index contributed by atoms with van der Waals surface area (Å²) in [5.41, 5.74) is 1.81. The van der Waals surface area contributed by atoms with E-state index in [2.05, 4.69) is 6.58 Å². The molecule has 0 aliphatic heterocycles. The van der Waals surface area contributed by atoms with E-state index in [0.29, 0.717) is 24.2 Å². The van der Waals surface area contributed by atoms with Crippen LogP contribution in [0.25, 0.3) is 0 Å². The van der Waals surface area contributed by atoms with Gasteiger partial charge < -0.3 is 14.2 Å². The molecule has 164 valence electrons. The largest absolute Gasteiger partial charge is 0.458 e. The van der Waals surface area contributed by atoms with Crippen LogP contribution in [-0.2, 0) is 20.8 Å². The highest BCUT2D eigenvalue weighted by atomic mass is 16.6. The zero-order valence-electron chi connectivity index (χ0n) is 17.8. The Balaban J connectivity index is 1.73. The Kier molecular flexibility index (Phi) is 8.78. The molecule has 5 nitrogen and oxygen atoms in total. The molecule has 0 saturated heterocycles. The summed E-state index contributed by atoms with van der Waals surface area (Å²) in [5.74, 6) is -1.00. The first-order valence-corrected chi connectivity index (χ1v) is 10.4. The number of hydrogen-bond acceptors (Lipinski definition) is 5. The zero-order valence-corrected chi connectivity index (χ0v) is 17.8. The molecule has 0 spiro atoms. The van der Waals surface area contributed by atoms with Crippen molar-refractivity contribution in [2.75, 3.05) is 6.61 Å². The normalized spacial score (nSPS) is 12.4. The SMILES string of the molecule is C=CC[C@H](OCc1ccccc1)[C@@H](COC(=O)c1ccccc1)OC(=O)c1ccccc1. The predicted octanol–water partition coefficient (Wildman–Crippen LogP) is 5.23. The van der Waals surface area contributed by atoms with Crippen molar-refractivity contribution in [2.24, 2.45) is 0 Å². The van der Waals surface area contributed by atoms with Crippen molar-refractivity contribution in [2.45, 2.75) is 25.2 Å². The van der Waals surface area contributed by atoms with Gasteiger partial charge >= 0.3 is 11.9 Å². The van der Waals surface area contributed by atoms with E-state index in [1.54, 1.807) is 54.6 Å². The highest BCUT2D eigenvalue weighted by Crippen LogP contribution is 2.16. The molecule has 5 heteroatoms. The molecular formula is C27H26O5. The van der Waals surface area contributed by atoms with Crippen molar-refractivity contribution in [3.63, 3.8) is 0 Å². The van der Waals surface area contributed by atoms with Crippen molar-refractivity contribution >= 4 is 11.9 Å². The second kappa shape index (κ2) is 12.2. The summed E-state index contributed by atoms with van der Waals surface area (Å²) in [6.45, 7) is 3.98. The molecule has 2 atom stereocenters. The maximum Gasteiger partial charge on any atom is 0.338 e. The molecule has 0 heterocycles. The Morgan fingerprint density at radius 2 is 1.28 bits per heavy atom. The number of carbonyl (C=O) groups is 2. The molecule has 32 heavy (non-hydrogen) atoms. The number of ether oxygens (including phenoxy) is 3. The van der Waals surface area contributed by atoms with E-state index in [-0.39, 0.29) is 6.61 Å². The summed E-state index contributed by atoms with van der Waals surface area (Å²) >= 11 is 0. The van der Waals surface area contributed by atoms with Crippen LogP contribution in [-0.4, -0.2) is 30.8 Å². The highest BCUT2D eigenvalue weighted by Gasteiger charge is 2.28. The summed E-state index contributed by atoms with van der Waals surface area (Å²) in [7, 11) is 0. The third-order valence-corrected chi connectivity index (χ3v) is 4.78. The Hall–Kier alpha value is -3.70. The van der Waals surface area contributed by atoms with Gasteiger partial charge in [0.05, 0.1) is 17.7 Å². The molecule has 0 aliphatic carbocycles. The zero-order chi connectivity index (χ0) is 22.6. The van der Waals surface area contributed by atoms with Crippen LogP contribution in [0.3, 0.4) is 0 Å². The van der Waals surface area contributed by atoms with Crippen LogP contribution in [0, 0.1) is 0 Å². The predicted molar refractivity (Wildman–Crippen MR) is 122 cm³/mol. The molecule has 0 saturated carbocycles. The maximum absolute atomic E-state index is 12.7. The number of hydrogen-bond donors (Lipinski definition) is 0. The van der Waals surface area contributed by atoms with Gasteiger partial charge in [0.15, 0.2) is 6.10 Å². The lowest BCUT2D eigenvalue weighted by Gasteiger charge is -2.26. The van der Waals surface area contributed by atoms with Crippen molar-refractivity contribution in [3.8, 4) is 0 Å². The maximum atomic E-state index is 12.7. The standard InChI is InChI=1S/C27H26O5/c1-2-12-24(30-19-21-13-6-3-7-14-21)25(32-27(29)23-17-10-5-11-18-23)20-31-26(28)22-15-8-4-9-16-22/h2-11,13-18,24-25H,1,12,19-20H2/t24-,25+/m0/s1. The van der Waals surface area contributed by atoms with E-state index in [0.717, 1.165) is 5.56 Å². The second-order valence-electron chi connectivity index (χ2n) is 7.13. The van der Waals surface area contributed by atoms with Crippen molar-refractivity contribution in [3.05, 3.63) is 120 Å². The minimum atomic E-state index is -0.808. The topological polar surface area (TPSA) is 61.8 Å². The quantitative estimate of drug-likeness (QED) is 0.308. The molecule has 3 aromatic carbocycles. The van der Waals surface area contributed by atoms with Crippen LogP contribution in [0.5, 0.6) is 0 Å². The molecule has 0 aromatic heterocycles. The summed E-state index contributed by atoms with van der Waals surface area (Å²) in [6.07, 6.45) is 0.765. The van der Waals surface area contributed by atoms with E-state index >= 15 is 0 Å². The van der Waals surface area contributed by atoms with Crippen LogP contribution < -0.4 is 0 Å². The van der Waals surface area contributed by atoms with Gasteiger partial charge in [0, 0.05) is 0 Å². The van der Waals surface area contributed by atoms with Gasteiger partial charge in [-0.1, -0.05) is 72.8 Å². The van der Waals surface area contributed by atoms with Gasteiger partial charge in [-0.15, -0.1) is 6.58 Å². The minimum absolute atomic E-state index is 0.139. The van der Waals surface area contributed by atoms with Crippen LogP contribution in [0.15, 0.2) is 104 Å². The molecule has 0 unspecified atom stereocenters. The smallest absolute Gasteiger partial charge is 0.338 e. The fraction of sp³-hybridized carbons (Fsp3) is 0.185. The van der Waals surface area contributed by atoms with E-state index in [1.165, 1.54) is 0 Å². The van der Waals surface area contributed by atoms with Crippen molar-refractivity contribution < 1.29 is 23.8 Å². The van der Waals surface area contributed by atoms with E-state index < -0.39 is 24.1 Å². The van der Waals surface area contributed by atoms with Crippen LogP contribution in [0.1, 0.15) is 32.7 Å². The second-order valence-corrected chi connectivity index (χ2v) is 7.13. The van der Waals surface area contributed by atoms with Crippen molar-refractivity contribution in [1.82, 2.24) is 0 Å². The average Bonchev–Trinajstić information content (AvgIpc) is 2.85. The Morgan fingerprint density at radius 3 is 1.84 bits per heavy atom. The van der Waals surface area contributed by atoms with Gasteiger partial charge in [0.2, 0.25) is 0 Å². The molecule has 0 bridgehead atoms. The summed E-state index contributed by atoms with van der Waals surface area (Å²) in [5, 5.41) is 0. The van der Waals surface area contributed by atoms with Gasteiger partial charge in [-0.3, -0.25) is 0 Å². The van der Waals surface area contributed by atoms with Crippen LogP contribution in [0.4, 0.5) is 0 Å². The van der Waals surface area contributed by atoms with E-state index in [4.69, 9.17) is 14.2 Å². The number of rotatable bonds is 11. The molecule has 3 aromatic rings. The first kappa shape index (κ1) is 23.0. The summed E-state index contributed by atoms with van der Waals surface area (Å²) in [6, 6.07) is 27.0. The lowest BCUT2D eigenvalue weighted by Crippen LogP contribution is -2.38. The van der Waals surface area contributed by atoms with Gasteiger partial charge in [0.25, 0.3) is 0 Å². The summed E-state index contributed by atoms with van der Waals surface area (Å²) < 4.78 is 17.3. The van der Waals surface area contributed by atoms with Crippen LogP contribution in [0.2, 0.25) is 0 Å². The van der Waals surface area contributed by atoms with E-state index in [9.17, 15) is 9.59 Å². The highest BCUT2D eigenvalue weighted by molar-refractivity contribution is 5.90. The number of benzene rings is 3. The van der Waals surface area contributed by atoms with Gasteiger partial charge in [-0.25, -0.2) is 9.59 Å². The monoisotopic (exact) mass is 430 g/mol. The molecule has 0 N–H and O–H groups in total. The minimum Gasteiger partial charge on any atom is -0.458 e. The van der Waals surface area contributed by atoms with Gasteiger partial charge in [-0.05, 0) is 36.2 Å². The summed E-state index contributed by atoms with van der Waals surface area (Å²) in [4.78, 5) is 25.1. The fourth-order valence-electron chi connectivity index (χ4n) is 3.08. The molecule has 0 aliphatic rings. The third-order valence-electron chi connectivity index (χ3n) is 4.78. The molecule has 0 amide bonds. The molecule has 3 rings (SSSR count). The first-order valence-electron chi connectivity index (χ1n) is 10.4. The average molecular weight is 431 g/mol. The Labute approximate surface area is 188 Å². The number of carbonyl (C=O) groups excluding carboxylic acids is 2. The Bertz CT molecular complexity index is 986. The molecular weight excluding hydrogens is 404 g/mol. The lowest BCUT2D eigenvalue weighted by molar-refractivity contribution is -0.0783. The first-order chi connectivity index (χ1) is 15.7. The Morgan fingerprint density at radius 1 is 0.750 bits per heavy atom. The number of esters is 2. The van der Waals surface area contributed by atoms with E-state index in [1.807, 2.05) is 42.5 Å². The third kappa shape index (κ3) is 6.93. The molecule has 0 fully saturated rings. The van der Waals surface area contributed by atoms with Crippen molar-refractivity contribution in [1.29, 1.82) is 0 Å². The fourth-order valence-corrected chi connectivity index (χ4v) is 3.08. The van der Waals surface area contributed by atoms with Gasteiger partial charge in [0.1, 0.15) is 12.7 Å². The lowest BCUT2D eigenvalue weighted by atomic mass is 10.1. The van der Waals surface area contributed by atoms with Gasteiger partial charge in [-0.2, -0.15) is 0 Å². The molecule has 0 radical (unpaired) electrons. The van der Waals surface area contributed by atoms with Crippen LogP contribution >= 0.6 is 0 Å².